The number of rotatable bonds is 11. The third-order valence-electron chi connectivity index (χ3n) is 2.65. The summed E-state index contributed by atoms with van der Waals surface area (Å²) < 4.78 is 0. The molecule has 0 aromatic heterocycles. The van der Waals surface area contributed by atoms with Gasteiger partial charge < -0.3 is 5.11 Å². The number of aliphatic carboxylic acids is 1. The minimum Gasteiger partial charge on any atom is -0.481 e. The number of carboxylic acid groups (broad SMARTS) is 1. The summed E-state index contributed by atoms with van der Waals surface area (Å²) in [6.45, 7) is 2.23. The Balaban J connectivity index is 3.07. The summed E-state index contributed by atoms with van der Waals surface area (Å²) in [5.41, 5.74) is 0. The predicted octanol–water partition coefficient (Wildman–Crippen LogP) is 4.55. The lowest BCUT2D eigenvalue weighted by Crippen LogP contribution is -1.92. The zero-order chi connectivity index (χ0) is 12.1. The minimum atomic E-state index is -0.681. The molecule has 0 aromatic carbocycles. The molecule has 0 aromatic rings. The summed E-state index contributed by atoms with van der Waals surface area (Å²) >= 11 is 0. The van der Waals surface area contributed by atoms with Crippen LogP contribution in [0, 0.1) is 0 Å². The molecular weight excluding hydrogens is 200 g/mol. The van der Waals surface area contributed by atoms with Crippen LogP contribution in [0.1, 0.15) is 71.1 Å². The molecule has 0 amide bonds. The molecule has 0 rings (SSSR count). The first-order chi connectivity index (χ1) is 7.77. The topological polar surface area (TPSA) is 37.3 Å². The van der Waals surface area contributed by atoms with Crippen LogP contribution < -0.4 is 0 Å². The van der Waals surface area contributed by atoms with Gasteiger partial charge in [0, 0.05) is 6.42 Å². The first-order valence-corrected chi connectivity index (χ1v) is 6.64. The summed E-state index contributed by atoms with van der Waals surface area (Å²) in [5, 5.41) is 8.44. The summed E-state index contributed by atoms with van der Waals surface area (Å²) in [4.78, 5) is 10.2. The van der Waals surface area contributed by atoms with Gasteiger partial charge in [-0.2, -0.15) is 0 Å². The van der Waals surface area contributed by atoms with Crippen molar-refractivity contribution in [2.75, 3.05) is 0 Å². The molecule has 0 heterocycles. The highest BCUT2D eigenvalue weighted by atomic mass is 16.4. The maximum absolute atomic E-state index is 10.2. The lowest BCUT2D eigenvalue weighted by atomic mass is 10.1. The van der Waals surface area contributed by atoms with Crippen LogP contribution >= 0.6 is 0 Å². The molecule has 2 nitrogen and oxygen atoms in total. The molecule has 1 N–H and O–H groups in total. The summed E-state index contributed by atoms with van der Waals surface area (Å²) in [5.74, 6) is -0.681. The molecule has 0 bridgehead atoms. The van der Waals surface area contributed by atoms with Crippen molar-refractivity contribution in [3.63, 3.8) is 0 Å². The average Bonchev–Trinajstić information content (AvgIpc) is 2.25. The first kappa shape index (κ1) is 15.2. The number of unbranched alkanes of at least 4 members (excludes halogenated alkanes) is 7. The Morgan fingerprint density at radius 1 is 0.938 bits per heavy atom. The predicted molar refractivity (Wildman–Crippen MR) is 68.6 cm³/mol. The van der Waals surface area contributed by atoms with Crippen molar-refractivity contribution >= 4 is 5.97 Å². The van der Waals surface area contributed by atoms with E-state index in [0.29, 0.717) is 6.42 Å². The van der Waals surface area contributed by atoms with Crippen molar-refractivity contribution in [1.82, 2.24) is 0 Å². The van der Waals surface area contributed by atoms with E-state index in [9.17, 15) is 4.79 Å². The Morgan fingerprint density at radius 2 is 1.50 bits per heavy atom. The summed E-state index contributed by atoms with van der Waals surface area (Å²) in [6, 6.07) is 0. The second-order valence-corrected chi connectivity index (χ2v) is 4.31. The first-order valence-electron chi connectivity index (χ1n) is 6.64. The fraction of sp³-hybridized carbons (Fsp3) is 0.786. The standard InChI is InChI=1S/C14H26O2/c1-2-3-4-5-6-7-8-9-10-11-12-13-14(15)16/h8-9H,2-7,10-13H2,1H3,(H,15,16). The average molecular weight is 226 g/mol. The molecule has 0 aliphatic heterocycles. The van der Waals surface area contributed by atoms with Crippen LogP contribution in [-0.4, -0.2) is 11.1 Å². The van der Waals surface area contributed by atoms with Gasteiger partial charge in [-0.05, 0) is 32.1 Å². The van der Waals surface area contributed by atoms with E-state index in [-0.39, 0.29) is 0 Å². The number of allylic oxidation sites excluding steroid dienone is 2. The summed E-state index contributed by atoms with van der Waals surface area (Å²) in [6.07, 6.45) is 15.4. The van der Waals surface area contributed by atoms with Gasteiger partial charge in [-0.25, -0.2) is 0 Å². The molecule has 0 radical (unpaired) electrons. The Labute approximate surface area is 99.7 Å². The maximum Gasteiger partial charge on any atom is 0.303 e. The van der Waals surface area contributed by atoms with Gasteiger partial charge in [0.25, 0.3) is 0 Å². The molecular formula is C14H26O2. The van der Waals surface area contributed by atoms with Crippen molar-refractivity contribution in [1.29, 1.82) is 0 Å². The van der Waals surface area contributed by atoms with E-state index < -0.39 is 5.97 Å². The van der Waals surface area contributed by atoms with E-state index in [0.717, 1.165) is 19.3 Å². The fourth-order valence-corrected chi connectivity index (χ4v) is 1.64. The van der Waals surface area contributed by atoms with Crippen LogP contribution in [0.3, 0.4) is 0 Å². The van der Waals surface area contributed by atoms with E-state index in [1.165, 1.54) is 38.5 Å². The van der Waals surface area contributed by atoms with Gasteiger partial charge in [0.2, 0.25) is 0 Å². The fourth-order valence-electron chi connectivity index (χ4n) is 1.64. The summed E-state index contributed by atoms with van der Waals surface area (Å²) in [7, 11) is 0. The monoisotopic (exact) mass is 226 g/mol. The van der Waals surface area contributed by atoms with Crippen LogP contribution in [0.15, 0.2) is 12.2 Å². The minimum absolute atomic E-state index is 0.310. The highest BCUT2D eigenvalue weighted by Crippen LogP contribution is 2.06. The van der Waals surface area contributed by atoms with Crippen molar-refractivity contribution in [3.8, 4) is 0 Å². The molecule has 94 valence electrons. The van der Waals surface area contributed by atoms with E-state index in [4.69, 9.17) is 5.11 Å². The molecule has 0 fully saturated rings. The van der Waals surface area contributed by atoms with Gasteiger partial charge in [-0.1, -0.05) is 44.8 Å². The van der Waals surface area contributed by atoms with Gasteiger partial charge in [0.15, 0.2) is 0 Å². The van der Waals surface area contributed by atoms with Gasteiger partial charge >= 0.3 is 5.97 Å². The SMILES string of the molecule is CCCCCCCC=CCCCCC(=O)O. The number of carboxylic acids is 1. The largest absolute Gasteiger partial charge is 0.481 e. The number of carbonyl (C=O) groups is 1. The van der Waals surface area contributed by atoms with Crippen molar-refractivity contribution < 1.29 is 9.90 Å². The molecule has 0 atom stereocenters. The van der Waals surface area contributed by atoms with E-state index in [2.05, 4.69) is 19.1 Å². The van der Waals surface area contributed by atoms with Gasteiger partial charge in [0.05, 0.1) is 0 Å². The van der Waals surface area contributed by atoms with Crippen LogP contribution in [0.2, 0.25) is 0 Å². The van der Waals surface area contributed by atoms with E-state index in [1.807, 2.05) is 0 Å². The highest BCUT2D eigenvalue weighted by Gasteiger charge is 1.94. The lowest BCUT2D eigenvalue weighted by molar-refractivity contribution is -0.137. The molecule has 0 spiro atoms. The molecule has 0 aliphatic carbocycles. The Hall–Kier alpha value is -0.790. The normalized spacial score (nSPS) is 11.1. The molecule has 0 unspecified atom stereocenters. The van der Waals surface area contributed by atoms with Crippen LogP contribution in [0.25, 0.3) is 0 Å². The van der Waals surface area contributed by atoms with Gasteiger partial charge in [-0.3, -0.25) is 4.79 Å². The Bertz CT molecular complexity index is 185. The quantitative estimate of drug-likeness (QED) is 0.414. The third-order valence-corrected chi connectivity index (χ3v) is 2.65. The second-order valence-electron chi connectivity index (χ2n) is 4.31. The van der Waals surface area contributed by atoms with Gasteiger partial charge in [0.1, 0.15) is 0 Å². The maximum atomic E-state index is 10.2. The van der Waals surface area contributed by atoms with Crippen molar-refractivity contribution in [2.45, 2.75) is 71.1 Å². The molecule has 0 saturated carbocycles. The van der Waals surface area contributed by atoms with Crippen molar-refractivity contribution in [3.05, 3.63) is 12.2 Å². The molecule has 2 heteroatoms. The van der Waals surface area contributed by atoms with Crippen LogP contribution in [0.5, 0.6) is 0 Å². The Morgan fingerprint density at radius 3 is 2.06 bits per heavy atom. The van der Waals surface area contributed by atoms with E-state index in [1.54, 1.807) is 0 Å². The second kappa shape index (κ2) is 12.3. The van der Waals surface area contributed by atoms with Crippen LogP contribution in [0.4, 0.5) is 0 Å². The van der Waals surface area contributed by atoms with Gasteiger partial charge in [-0.15, -0.1) is 0 Å². The lowest BCUT2D eigenvalue weighted by Gasteiger charge is -1.96. The number of hydrogen-bond donors (Lipinski definition) is 1. The van der Waals surface area contributed by atoms with Crippen molar-refractivity contribution in [2.24, 2.45) is 0 Å². The van der Waals surface area contributed by atoms with Crippen LogP contribution in [-0.2, 0) is 4.79 Å². The molecule has 16 heavy (non-hydrogen) atoms. The molecule has 0 saturated heterocycles. The Kier molecular flexibility index (Phi) is 11.7. The number of hydrogen-bond acceptors (Lipinski definition) is 1. The smallest absolute Gasteiger partial charge is 0.303 e. The third kappa shape index (κ3) is 13.2. The van der Waals surface area contributed by atoms with E-state index >= 15 is 0 Å². The molecule has 0 aliphatic rings. The highest BCUT2D eigenvalue weighted by molar-refractivity contribution is 5.66. The zero-order valence-corrected chi connectivity index (χ0v) is 10.6. The zero-order valence-electron chi connectivity index (χ0n) is 10.6.